The van der Waals surface area contributed by atoms with Crippen molar-refractivity contribution in [2.24, 2.45) is 0 Å². The Hall–Kier alpha value is -0.680. The molecule has 1 unspecified atom stereocenters. The highest BCUT2D eigenvalue weighted by Crippen LogP contribution is 2.29. The molecule has 18 heavy (non-hydrogen) atoms. The van der Waals surface area contributed by atoms with Crippen LogP contribution < -0.4 is 10.2 Å². The van der Waals surface area contributed by atoms with E-state index in [1.807, 2.05) is 18.7 Å². The zero-order chi connectivity index (χ0) is 13.0. The zero-order valence-electron chi connectivity index (χ0n) is 10.8. The molecule has 2 heterocycles. The number of rotatable bonds is 4. The number of halogens is 1. The van der Waals surface area contributed by atoms with Gasteiger partial charge in [-0.2, -0.15) is 16.7 Å². The molecule has 6 heteroatoms. The van der Waals surface area contributed by atoms with E-state index in [0.717, 1.165) is 31.2 Å². The first-order valence-corrected chi connectivity index (χ1v) is 7.80. The number of anilines is 2. The van der Waals surface area contributed by atoms with Crippen LogP contribution in [0.1, 0.15) is 20.3 Å². The van der Waals surface area contributed by atoms with Crippen LogP contribution in [0.4, 0.5) is 11.8 Å². The molecule has 0 amide bonds. The Kier molecular flexibility index (Phi) is 4.95. The minimum Gasteiger partial charge on any atom is -0.354 e. The number of nitrogens with zero attached hydrogens (tertiary/aromatic N) is 3. The summed E-state index contributed by atoms with van der Waals surface area (Å²) in [7, 11) is 0. The van der Waals surface area contributed by atoms with Crippen LogP contribution in [0, 0.1) is 0 Å². The van der Waals surface area contributed by atoms with Gasteiger partial charge in [0.2, 0.25) is 5.95 Å². The third-order valence-corrected chi connectivity index (χ3v) is 4.59. The molecule has 0 aromatic carbocycles. The molecule has 4 nitrogen and oxygen atoms in total. The van der Waals surface area contributed by atoms with Crippen molar-refractivity contribution >= 4 is 35.1 Å². The Bertz CT molecular complexity index is 402. The highest BCUT2D eigenvalue weighted by Gasteiger charge is 2.22. The van der Waals surface area contributed by atoms with E-state index in [-0.39, 0.29) is 0 Å². The molecule has 1 N–H and O–H groups in total. The van der Waals surface area contributed by atoms with Crippen molar-refractivity contribution in [2.45, 2.75) is 25.5 Å². The Morgan fingerprint density at radius 3 is 3.11 bits per heavy atom. The SMILES string of the molecule is CCNc1ncc(Cl)c(N2CCSC(CC)C2)n1. The lowest BCUT2D eigenvalue weighted by Gasteiger charge is -2.33. The van der Waals surface area contributed by atoms with Crippen LogP contribution >= 0.6 is 23.4 Å². The molecule has 1 saturated heterocycles. The first-order chi connectivity index (χ1) is 8.74. The van der Waals surface area contributed by atoms with E-state index in [1.165, 1.54) is 6.42 Å². The van der Waals surface area contributed by atoms with Gasteiger partial charge < -0.3 is 10.2 Å². The highest BCUT2D eigenvalue weighted by atomic mass is 35.5. The molecule has 0 saturated carbocycles. The van der Waals surface area contributed by atoms with Crippen molar-refractivity contribution in [3.05, 3.63) is 11.2 Å². The summed E-state index contributed by atoms with van der Waals surface area (Å²) in [5.41, 5.74) is 0. The predicted octanol–water partition coefficient (Wildman–Crippen LogP) is 2.89. The summed E-state index contributed by atoms with van der Waals surface area (Å²) in [4.78, 5) is 11.0. The van der Waals surface area contributed by atoms with E-state index in [0.29, 0.717) is 16.2 Å². The molecule has 1 aromatic heterocycles. The first kappa shape index (κ1) is 13.7. The zero-order valence-corrected chi connectivity index (χ0v) is 12.4. The van der Waals surface area contributed by atoms with E-state index in [2.05, 4.69) is 27.1 Å². The van der Waals surface area contributed by atoms with Crippen molar-refractivity contribution in [2.75, 3.05) is 35.6 Å². The summed E-state index contributed by atoms with van der Waals surface area (Å²) in [5, 5.41) is 4.44. The molecule has 0 spiro atoms. The van der Waals surface area contributed by atoms with Gasteiger partial charge in [0.15, 0.2) is 5.82 Å². The summed E-state index contributed by atoms with van der Waals surface area (Å²) < 4.78 is 0. The highest BCUT2D eigenvalue weighted by molar-refractivity contribution is 8.00. The largest absolute Gasteiger partial charge is 0.354 e. The molecular formula is C12H19ClN4S. The lowest BCUT2D eigenvalue weighted by molar-refractivity contribution is 0.719. The van der Waals surface area contributed by atoms with Crippen LogP contribution in [0.3, 0.4) is 0 Å². The summed E-state index contributed by atoms with van der Waals surface area (Å²) in [5.74, 6) is 2.65. The van der Waals surface area contributed by atoms with Crippen LogP contribution in [-0.2, 0) is 0 Å². The Morgan fingerprint density at radius 1 is 1.56 bits per heavy atom. The number of thioether (sulfide) groups is 1. The van der Waals surface area contributed by atoms with Gasteiger partial charge in [0.05, 0.1) is 6.20 Å². The van der Waals surface area contributed by atoms with Crippen LogP contribution in [0.5, 0.6) is 0 Å². The minimum atomic E-state index is 0.637. The third kappa shape index (κ3) is 3.20. The topological polar surface area (TPSA) is 41.1 Å². The van der Waals surface area contributed by atoms with E-state index < -0.39 is 0 Å². The molecule has 1 fully saturated rings. The van der Waals surface area contributed by atoms with Crippen molar-refractivity contribution < 1.29 is 0 Å². The predicted molar refractivity (Wildman–Crippen MR) is 80.0 cm³/mol. The molecule has 2 rings (SSSR count). The maximum absolute atomic E-state index is 6.22. The van der Waals surface area contributed by atoms with Crippen molar-refractivity contribution in [1.82, 2.24) is 9.97 Å². The van der Waals surface area contributed by atoms with Gasteiger partial charge in [0.1, 0.15) is 5.02 Å². The van der Waals surface area contributed by atoms with Crippen LogP contribution in [0.25, 0.3) is 0 Å². The van der Waals surface area contributed by atoms with Crippen molar-refractivity contribution in [3.63, 3.8) is 0 Å². The quantitative estimate of drug-likeness (QED) is 0.922. The smallest absolute Gasteiger partial charge is 0.224 e. The fourth-order valence-electron chi connectivity index (χ4n) is 1.98. The Labute approximate surface area is 118 Å². The van der Waals surface area contributed by atoms with Crippen LogP contribution in [0.2, 0.25) is 5.02 Å². The van der Waals surface area contributed by atoms with Gasteiger partial charge in [-0.15, -0.1) is 0 Å². The molecule has 1 atom stereocenters. The second kappa shape index (κ2) is 6.48. The van der Waals surface area contributed by atoms with Crippen molar-refractivity contribution in [1.29, 1.82) is 0 Å². The average Bonchev–Trinajstić information content (AvgIpc) is 2.41. The standard InChI is InChI=1S/C12H19ClN4S/c1-3-9-8-17(5-6-18-9)11-10(13)7-15-12(16-11)14-4-2/h7,9H,3-6,8H2,1-2H3,(H,14,15,16). The Morgan fingerprint density at radius 2 is 2.39 bits per heavy atom. The normalized spacial score (nSPS) is 19.9. The molecule has 1 aromatic rings. The van der Waals surface area contributed by atoms with Gasteiger partial charge in [-0.25, -0.2) is 4.98 Å². The molecule has 1 aliphatic heterocycles. The van der Waals surface area contributed by atoms with Crippen LogP contribution in [0.15, 0.2) is 6.20 Å². The van der Waals surface area contributed by atoms with E-state index >= 15 is 0 Å². The molecular weight excluding hydrogens is 268 g/mol. The summed E-state index contributed by atoms with van der Waals surface area (Å²) in [6.07, 6.45) is 2.87. The number of aromatic nitrogens is 2. The van der Waals surface area contributed by atoms with Gasteiger partial charge in [0.25, 0.3) is 0 Å². The van der Waals surface area contributed by atoms with Gasteiger partial charge in [-0.3, -0.25) is 0 Å². The molecule has 0 aliphatic carbocycles. The number of hydrogen-bond acceptors (Lipinski definition) is 5. The second-order valence-corrected chi connectivity index (χ2v) is 6.06. The third-order valence-electron chi connectivity index (χ3n) is 2.95. The fourth-order valence-corrected chi connectivity index (χ4v) is 3.37. The van der Waals surface area contributed by atoms with Gasteiger partial charge in [-0.1, -0.05) is 18.5 Å². The number of hydrogen-bond donors (Lipinski definition) is 1. The van der Waals surface area contributed by atoms with Crippen molar-refractivity contribution in [3.8, 4) is 0 Å². The molecule has 1 aliphatic rings. The van der Waals surface area contributed by atoms with Gasteiger partial charge in [-0.05, 0) is 13.3 Å². The molecule has 0 bridgehead atoms. The fraction of sp³-hybridized carbons (Fsp3) is 0.667. The average molecular weight is 287 g/mol. The van der Waals surface area contributed by atoms with E-state index in [9.17, 15) is 0 Å². The van der Waals surface area contributed by atoms with Crippen LogP contribution in [-0.4, -0.2) is 40.6 Å². The summed E-state index contributed by atoms with van der Waals surface area (Å²) in [6.45, 7) is 7.09. The lowest BCUT2D eigenvalue weighted by atomic mass is 10.3. The summed E-state index contributed by atoms with van der Waals surface area (Å²) >= 11 is 8.26. The maximum Gasteiger partial charge on any atom is 0.224 e. The lowest BCUT2D eigenvalue weighted by Crippen LogP contribution is -2.38. The van der Waals surface area contributed by atoms with Gasteiger partial charge in [0, 0.05) is 30.6 Å². The second-order valence-electron chi connectivity index (χ2n) is 4.24. The van der Waals surface area contributed by atoms with E-state index in [1.54, 1.807) is 6.20 Å². The monoisotopic (exact) mass is 286 g/mol. The first-order valence-electron chi connectivity index (χ1n) is 6.37. The maximum atomic E-state index is 6.22. The molecule has 100 valence electrons. The minimum absolute atomic E-state index is 0.637. The summed E-state index contributed by atoms with van der Waals surface area (Å²) in [6, 6.07) is 0. The van der Waals surface area contributed by atoms with E-state index in [4.69, 9.17) is 11.6 Å². The Balaban J connectivity index is 2.17. The van der Waals surface area contributed by atoms with Gasteiger partial charge >= 0.3 is 0 Å². The number of nitrogens with one attached hydrogen (secondary N) is 1. The molecule has 0 radical (unpaired) electrons.